The molecule has 0 saturated heterocycles. The van der Waals surface area contributed by atoms with Gasteiger partial charge in [-0.1, -0.05) is 0 Å². The van der Waals surface area contributed by atoms with Crippen LogP contribution in [-0.2, 0) is 5.88 Å². The molecule has 0 fully saturated rings. The molecule has 0 saturated carbocycles. The third kappa shape index (κ3) is 3.66. The molecule has 4 nitrogen and oxygen atoms in total. The number of rotatable bonds is 4. The van der Waals surface area contributed by atoms with Gasteiger partial charge in [0.1, 0.15) is 0 Å². The third-order valence-electron chi connectivity index (χ3n) is 1.98. The maximum Gasteiger partial charge on any atom is 0.573 e. The number of hydrogen-bond acceptors (Lipinski definition) is 3. The molecule has 0 aliphatic rings. The standard InChI is InChI=1S/C9H6ClF5N2O2/c10-1-3-5(8(16)18)6(7(11)12)4(2-17-3)19-9(13,14)15/h2,7H,1H2,(H2,16,18). The van der Waals surface area contributed by atoms with Crippen molar-refractivity contribution in [1.29, 1.82) is 0 Å². The summed E-state index contributed by atoms with van der Waals surface area (Å²) < 4.78 is 65.2. The number of hydrogen-bond donors (Lipinski definition) is 1. The number of carbonyl (C=O) groups excluding carboxylic acids is 1. The zero-order valence-corrected chi connectivity index (χ0v) is 9.73. The predicted octanol–water partition coefficient (Wildman–Crippen LogP) is 2.76. The molecule has 0 bridgehead atoms. The van der Waals surface area contributed by atoms with Crippen molar-refractivity contribution in [2.75, 3.05) is 0 Å². The molecule has 0 radical (unpaired) electrons. The van der Waals surface area contributed by atoms with Gasteiger partial charge in [-0.05, 0) is 0 Å². The first kappa shape index (κ1) is 15.4. The van der Waals surface area contributed by atoms with Crippen LogP contribution in [0.1, 0.15) is 28.0 Å². The molecule has 1 amide bonds. The summed E-state index contributed by atoms with van der Waals surface area (Å²) in [5.74, 6) is -3.12. The lowest BCUT2D eigenvalue weighted by Gasteiger charge is -2.16. The lowest BCUT2D eigenvalue weighted by molar-refractivity contribution is -0.275. The molecule has 0 aromatic carbocycles. The molecule has 1 aromatic heterocycles. The normalized spacial score (nSPS) is 11.7. The summed E-state index contributed by atoms with van der Waals surface area (Å²) in [5.41, 5.74) is 2.35. The van der Waals surface area contributed by atoms with Crippen molar-refractivity contribution in [3.05, 3.63) is 23.0 Å². The fourth-order valence-corrected chi connectivity index (χ4v) is 1.55. The van der Waals surface area contributed by atoms with Gasteiger partial charge in [-0.2, -0.15) is 0 Å². The molecule has 0 atom stereocenters. The Labute approximate surface area is 108 Å². The van der Waals surface area contributed by atoms with Gasteiger partial charge in [-0.25, -0.2) is 8.78 Å². The summed E-state index contributed by atoms with van der Waals surface area (Å²) in [6.45, 7) is 0. The van der Waals surface area contributed by atoms with Gasteiger partial charge in [-0.15, -0.1) is 24.8 Å². The number of carbonyl (C=O) groups is 1. The van der Waals surface area contributed by atoms with Gasteiger partial charge in [0.05, 0.1) is 28.9 Å². The van der Waals surface area contributed by atoms with Gasteiger partial charge in [0.2, 0.25) is 0 Å². The van der Waals surface area contributed by atoms with Gasteiger partial charge >= 0.3 is 6.36 Å². The predicted molar refractivity (Wildman–Crippen MR) is 54.0 cm³/mol. The highest BCUT2D eigenvalue weighted by Crippen LogP contribution is 2.36. The van der Waals surface area contributed by atoms with E-state index in [1.807, 2.05) is 0 Å². The summed E-state index contributed by atoms with van der Waals surface area (Å²) in [6.07, 6.45) is -8.20. The Morgan fingerprint density at radius 1 is 1.47 bits per heavy atom. The van der Waals surface area contributed by atoms with Crippen LogP contribution in [0.4, 0.5) is 22.0 Å². The quantitative estimate of drug-likeness (QED) is 0.687. The Bertz CT molecular complexity index is 492. The molecule has 1 heterocycles. The molecule has 1 rings (SSSR count). The van der Waals surface area contributed by atoms with Gasteiger partial charge < -0.3 is 10.5 Å². The second-order valence-electron chi connectivity index (χ2n) is 3.20. The van der Waals surface area contributed by atoms with E-state index >= 15 is 0 Å². The number of aromatic nitrogens is 1. The van der Waals surface area contributed by atoms with E-state index in [2.05, 4.69) is 9.72 Å². The van der Waals surface area contributed by atoms with Crippen molar-refractivity contribution in [2.24, 2.45) is 5.73 Å². The van der Waals surface area contributed by atoms with Crippen LogP contribution in [0.3, 0.4) is 0 Å². The minimum atomic E-state index is -5.21. The van der Waals surface area contributed by atoms with Crippen LogP contribution in [0.15, 0.2) is 6.20 Å². The van der Waals surface area contributed by atoms with Crippen LogP contribution in [0.5, 0.6) is 5.75 Å². The van der Waals surface area contributed by atoms with E-state index in [-0.39, 0.29) is 5.69 Å². The summed E-state index contributed by atoms with van der Waals surface area (Å²) in [6, 6.07) is 0. The summed E-state index contributed by atoms with van der Waals surface area (Å²) in [7, 11) is 0. The van der Waals surface area contributed by atoms with Crippen LogP contribution in [0.25, 0.3) is 0 Å². The Morgan fingerprint density at radius 2 is 2.05 bits per heavy atom. The molecule has 0 aliphatic heterocycles. The van der Waals surface area contributed by atoms with Crippen molar-refractivity contribution in [3.8, 4) is 5.75 Å². The first-order valence-electron chi connectivity index (χ1n) is 4.58. The zero-order valence-electron chi connectivity index (χ0n) is 8.97. The van der Waals surface area contributed by atoms with E-state index in [9.17, 15) is 26.7 Å². The van der Waals surface area contributed by atoms with Crippen LogP contribution in [0.2, 0.25) is 0 Å². The second-order valence-corrected chi connectivity index (χ2v) is 3.47. The monoisotopic (exact) mass is 304 g/mol. The van der Waals surface area contributed by atoms with Crippen molar-refractivity contribution >= 4 is 17.5 Å². The molecule has 0 unspecified atom stereocenters. The fourth-order valence-electron chi connectivity index (χ4n) is 1.35. The van der Waals surface area contributed by atoms with Crippen LogP contribution in [-0.4, -0.2) is 17.3 Å². The van der Waals surface area contributed by atoms with E-state index in [0.717, 1.165) is 0 Å². The van der Waals surface area contributed by atoms with Crippen molar-refractivity contribution in [2.45, 2.75) is 18.7 Å². The van der Waals surface area contributed by atoms with E-state index in [1.165, 1.54) is 0 Å². The molecule has 106 valence electrons. The maximum atomic E-state index is 12.8. The molecule has 19 heavy (non-hydrogen) atoms. The average molecular weight is 305 g/mol. The molecule has 0 spiro atoms. The molecular weight excluding hydrogens is 299 g/mol. The van der Waals surface area contributed by atoms with Gasteiger partial charge in [0.15, 0.2) is 5.75 Å². The van der Waals surface area contributed by atoms with Crippen molar-refractivity contribution in [3.63, 3.8) is 0 Å². The number of ether oxygens (including phenoxy) is 1. The minimum Gasteiger partial charge on any atom is -0.404 e. The zero-order chi connectivity index (χ0) is 14.8. The number of pyridine rings is 1. The Hall–Kier alpha value is -1.64. The third-order valence-corrected chi connectivity index (χ3v) is 2.23. The summed E-state index contributed by atoms with van der Waals surface area (Å²) in [5, 5.41) is 0. The molecule has 2 N–H and O–H groups in total. The van der Waals surface area contributed by atoms with Crippen LogP contribution >= 0.6 is 11.6 Å². The molecule has 1 aromatic rings. The molecule has 10 heteroatoms. The SMILES string of the molecule is NC(=O)c1c(CCl)ncc(OC(F)(F)F)c1C(F)F. The first-order chi connectivity index (χ1) is 8.67. The highest BCUT2D eigenvalue weighted by atomic mass is 35.5. The highest BCUT2D eigenvalue weighted by Gasteiger charge is 2.35. The average Bonchev–Trinajstić information content (AvgIpc) is 2.25. The van der Waals surface area contributed by atoms with E-state index in [4.69, 9.17) is 17.3 Å². The van der Waals surface area contributed by atoms with Gasteiger partial charge in [0.25, 0.3) is 12.3 Å². The number of primary amides is 1. The smallest absolute Gasteiger partial charge is 0.404 e. The highest BCUT2D eigenvalue weighted by molar-refractivity contribution is 6.17. The Kier molecular flexibility index (Phi) is 4.51. The summed E-state index contributed by atoms with van der Waals surface area (Å²) in [4.78, 5) is 14.4. The number of halogens is 6. The van der Waals surface area contributed by atoms with E-state index in [0.29, 0.717) is 6.20 Å². The van der Waals surface area contributed by atoms with Gasteiger partial charge in [0, 0.05) is 0 Å². The lowest BCUT2D eigenvalue weighted by atomic mass is 10.1. The number of amides is 1. The van der Waals surface area contributed by atoms with Crippen LogP contribution in [0, 0.1) is 0 Å². The minimum absolute atomic E-state index is 0.348. The number of alkyl halides is 6. The van der Waals surface area contributed by atoms with Crippen LogP contribution < -0.4 is 10.5 Å². The maximum absolute atomic E-state index is 12.8. The fraction of sp³-hybridized carbons (Fsp3) is 0.333. The molecule has 0 aliphatic carbocycles. The number of nitrogens with two attached hydrogens (primary N) is 1. The largest absolute Gasteiger partial charge is 0.573 e. The van der Waals surface area contributed by atoms with Gasteiger partial charge in [-0.3, -0.25) is 9.78 Å². The van der Waals surface area contributed by atoms with Crippen molar-refractivity contribution in [1.82, 2.24) is 4.98 Å². The Morgan fingerprint density at radius 3 is 2.42 bits per heavy atom. The van der Waals surface area contributed by atoms with E-state index in [1.54, 1.807) is 0 Å². The Balaban J connectivity index is 3.49. The first-order valence-corrected chi connectivity index (χ1v) is 5.12. The number of nitrogens with zero attached hydrogens (tertiary/aromatic N) is 1. The topological polar surface area (TPSA) is 65.2 Å². The van der Waals surface area contributed by atoms with E-state index < -0.39 is 41.5 Å². The summed E-state index contributed by atoms with van der Waals surface area (Å²) >= 11 is 5.36. The van der Waals surface area contributed by atoms with Crippen molar-refractivity contribution < 1.29 is 31.5 Å². The molecular formula is C9H6ClF5N2O2. The lowest BCUT2D eigenvalue weighted by Crippen LogP contribution is -2.22. The second kappa shape index (κ2) is 5.55.